The van der Waals surface area contributed by atoms with Crippen LogP contribution in [0.1, 0.15) is 41.5 Å². The molecule has 0 aliphatic heterocycles. The third-order valence-corrected chi connectivity index (χ3v) is 2.81. The molecule has 0 aromatic rings. The topological polar surface area (TPSA) is 18.5 Å². The largest absolute Gasteiger partial charge is 0.356 e. The predicted molar refractivity (Wildman–Crippen MR) is 55.6 cm³/mol. The van der Waals surface area contributed by atoms with E-state index in [1.165, 1.54) is 0 Å². The van der Waals surface area contributed by atoms with Crippen molar-refractivity contribution in [3.8, 4) is 0 Å². The van der Waals surface area contributed by atoms with Crippen LogP contribution in [0.15, 0.2) is 0 Å². The Morgan fingerprint density at radius 3 is 1.77 bits per heavy atom. The lowest BCUT2D eigenvalue weighted by molar-refractivity contribution is -0.160. The zero-order chi connectivity index (χ0) is 10.6. The minimum atomic E-state index is -0.111. The van der Waals surface area contributed by atoms with Gasteiger partial charge in [0.25, 0.3) is 0 Å². The molecule has 0 amide bonds. The van der Waals surface area contributed by atoms with E-state index in [2.05, 4.69) is 34.6 Å². The fraction of sp³-hybridized carbons (Fsp3) is 1.00. The zero-order valence-corrected chi connectivity index (χ0v) is 10.0. The van der Waals surface area contributed by atoms with Gasteiger partial charge in [-0.25, -0.2) is 0 Å². The molecule has 0 heterocycles. The second-order valence-corrected chi connectivity index (χ2v) is 4.80. The second-order valence-electron chi connectivity index (χ2n) is 4.80. The lowest BCUT2D eigenvalue weighted by Gasteiger charge is -2.33. The first kappa shape index (κ1) is 12.9. The molecule has 13 heavy (non-hydrogen) atoms. The van der Waals surface area contributed by atoms with Crippen LogP contribution in [-0.2, 0) is 9.47 Å². The van der Waals surface area contributed by atoms with E-state index >= 15 is 0 Å². The standard InChI is InChI=1S/C11H24O2/c1-8(11(4,5)6)9(2)13-10(3)12-7/h8-10H,1-7H3. The summed E-state index contributed by atoms with van der Waals surface area (Å²) in [4.78, 5) is 0. The van der Waals surface area contributed by atoms with Gasteiger partial charge in [0, 0.05) is 7.11 Å². The van der Waals surface area contributed by atoms with E-state index in [4.69, 9.17) is 9.47 Å². The van der Waals surface area contributed by atoms with E-state index < -0.39 is 0 Å². The quantitative estimate of drug-likeness (QED) is 0.631. The minimum absolute atomic E-state index is 0.111. The first-order valence-electron chi connectivity index (χ1n) is 4.97. The maximum Gasteiger partial charge on any atom is 0.154 e. The van der Waals surface area contributed by atoms with E-state index in [1.807, 2.05) is 6.92 Å². The molecule has 3 atom stereocenters. The number of hydrogen-bond donors (Lipinski definition) is 0. The molecule has 0 aliphatic rings. The fourth-order valence-corrected chi connectivity index (χ4v) is 1.18. The minimum Gasteiger partial charge on any atom is -0.356 e. The van der Waals surface area contributed by atoms with Crippen molar-refractivity contribution >= 4 is 0 Å². The van der Waals surface area contributed by atoms with Crippen molar-refractivity contribution < 1.29 is 9.47 Å². The van der Waals surface area contributed by atoms with Gasteiger partial charge in [-0.1, -0.05) is 27.7 Å². The van der Waals surface area contributed by atoms with E-state index in [1.54, 1.807) is 7.11 Å². The molecule has 0 bridgehead atoms. The average Bonchev–Trinajstić information content (AvgIpc) is 2.01. The van der Waals surface area contributed by atoms with E-state index in [0.29, 0.717) is 5.92 Å². The highest BCUT2D eigenvalue weighted by atomic mass is 16.7. The summed E-state index contributed by atoms with van der Waals surface area (Å²) in [6.45, 7) is 12.9. The molecule has 0 aliphatic carbocycles. The molecule has 2 nitrogen and oxygen atoms in total. The molecule has 0 fully saturated rings. The Labute approximate surface area is 82.6 Å². The molecule has 2 heteroatoms. The van der Waals surface area contributed by atoms with Crippen LogP contribution in [0.3, 0.4) is 0 Å². The van der Waals surface area contributed by atoms with Crippen molar-refractivity contribution in [3.05, 3.63) is 0 Å². The average molecular weight is 188 g/mol. The Morgan fingerprint density at radius 1 is 1.00 bits per heavy atom. The van der Waals surface area contributed by atoms with Gasteiger partial charge >= 0.3 is 0 Å². The first-order valence-corrected chi connectivity index (χ1v) is 4.97. The lowest BCUT2D eigenvalue weighted by atomic mass is 9.79. The highest BCUT2D eigenvalue weighted by Crippen LogP contribution is 2.29. The van der Waals surface area contributed by atoms with Crippen molar-refractivity contribution in [3.63, 3.8) is 0 Å². The van der Waals surface area contributed by atoms with Gasteiger partial charge in [0.2, 0.25) is 0 Å². The van der Waals surface area contributed by atoms with Crippen LogP contribution in [0, 0.1) is 11.3 Å². The molecule has 0 saturated heterocycles. The molecule has 3 unspecified atom stereocenters. The normalized spacial score (nSPS) is 19.6. The summed E-state index contributed by atoms with van der Waals surface area (Å²) < 4.78 is 10.7. The van der Waals surface area contributed by atoms with Crippen LogP contribution in [0.4, 0.5) is 0 Å². The highest BCUT2D eigenvalue weighted by Gasteiger charge is 2.26. The summed E-state index contributed by atoms with van der Waals surface area (Å²) in [6.07, 6.45) is 0.120. The molecule has 0 aromatic heterocycles. The molecule has 0 N–H and O–H groups in total. The monoisotopic (exact) mass is 188 g/mol. The fourth-order valence-electron chi connectivity index (χ4n) is 1.18. The molecular weight excluding hydrogens is 164 g/mol. The van der Waals surface area contributed by atoms with Gasteiger partial charge in [0.05, 0.1) is 6.10 Å². The Kier molecular flexibility index (Phi) is 4.93. The smallest absolute Gasteiger partial charge is 0.154 e. The third kappa shape index (κ3) is 4.63. The van der Waals surface area contributed by atoms with Gasteiger partial charge in [-0.05, 0) is 25.2 Å². The molecule has 0 rings (SSSR count). The molecule has 0 spiro atoms. The lowest BCUT2D eigenvalue weighted by Crippen LogP contribution is -2.32. The van der Waals surface area contributed by atoms with Gasteiger partial charge in [0.1, 0.15) is 0 Å². The van der Waals surface area contributed by atoms with Gasteiger partial charge in [-0.2, -0.15) is 0 Å². The summed E-state index contributed by atoms with van der Waals surface area (Å²) in [5.74, 6) is 0.519. The maximum atomic E-state index is 5.67. The number of ether oxygens (including phenoxy) is 2. The van der Waals surface area contributed by atoms with E-state index in [0.717, 1.165) is 0 Å². The van der Waals surface area contributed by atoms with Crippen molar-refractivity contribution in [2.45, 2.75) is 53.9 Å². The number of hydrogen-bond acceptors (Lipinski definition) is 2. The van der Waals surface area contributed by atoms with Crippen molar-refractivity contribution in [2.75, 3.05) is 7.11 Å². The van der Waals surface area contributed by atoms with Crippen LogP contribution in [0.5, 0.6) is 0 Å². The summed E-state index contributed by atoms with van der Waals surface area (Å²) >= 11 is 0. The summed E-state index contributed by atoms with van der Waals surface area (Å²) in [6, 6.07) is 0. The zero-order valence-electron chi connectivity index (χ0n) is 10.0. The molecule has 80 valence electrons. The SMILES string of the molecule is COC(C)OC(C)C(C)C(C)(C)C. The van der Waals surface area contributed by atoms with E-state index in [-0.39, 0.29) is 17.8 Å². The Balaban J connectivity index is 4.03. The van der Waals surface area contributed by atoms with Crippen molar-refractivity contribution in [2.24, 2.45) is 11.3 Å². The van der Waals surface area contributed by atoms with Crippen LogP contribution in [-0.4, -0.2) is 19.5 Å². The molecular formula is C11H24O2. The number of rotatable bonds is 4. The van der Waals surface area contributed by atoms with Gasteiger partial charge in [0.15, 0.2) is 6.29 Å². The van der Waals surface area contributed by atoms with Crippen molar-refractivity contribution in [1.82, 2.24) is 0 Å². The predicted octanol–water partition coefficient (Wildman–Crippen LogP) is 3.07. The third-order valence-electron chi connectivity index (χ3n) is 2.81. The number of methoxy groups -OCH3 is 1. The Bertz CT molecular complexity index is 138. The van der Waals surface area contributed by atoms with Crippen molar-refractivity contribution in [1.29, 1.82) is 0 Å². The molecule has 0 radical (unpaired) electrons. The Hall–Kier alpha value is -0.0800. The van der Waals surface area contributed by atoms with Gasteiger partial charge in [-0.15, -0.1) is 0 Å². The second kappa shape index (κ2) is 4.97. The highest BCUT2D eigenvalue weighted by molar-refractivity contribution is 4.75. The van der Waals surface area contributed by atoms with Crippen LogP contribution in [0.25, 0.3) is 0 Å². The van der Waals surface area contributed by atoms with Crippen LogP contribution >= 0.6 is 0 Å². The summed E-state index contributed by atoms with van der Waals surface area (Å²) in [5.41, 5.74) is 0.285. The van der Waals surface area contributed by atoms with Crippen LogP contribution in [0.2, 0.25) is 0 Å². The van der Waals surface area contributed by atoms with Crippen LogP contribution < -0.4 is 0 Å². The molecule has 0 aromatic carbocycles. The summed E-state index contributed by atoms with van der Waals surface area (Å²) in [5, 5.41) is 0. The van der Waals surface area contributed by atoms with Gasteiger partial charge in [-0.3, -0.25) is 0 Å². The first-order chi connectivity index (χ1) is 5.79. The summed E-state index contributed by atoms with van der Waals surface area (Å²) in [7, 11) is 1.67. The van der Waals surface area contributed by atoms with Gasteiger partial charge < -0.3 is 9.47 Å². The molecule has 0 saturated carbocycles. The maximum absolute atomic E-state index is 5.67. The van der Waals surface area contributed by atoms with E-state index in [9.17, 15) is 0 Å². The Morgan fingerprint density at radius 2 is 1.46 bits per heavy atom.